The molecule has 3 heteroatoms. The van der Waals surface area contributed by atoms with E-state index in [9.17, 15) is 0 Å². The second-order valence-electron chi connectivity index (χ2n) is 6.35. The molecule has 2 aliphatic heterocycles. The molecule has 0 aromatic rings. The minimum Gasteiger partial charge on any atom is -0.306 e. The van der Waals surface area contributed by atoms with Crippen LogP contribution in [0.3, 0.4) is 0 Å². The van der Waals surface area contributed by atoms with Crippen LogP contribution in [0.25, 0.3) is 0 Å². The molecule has 18 heavy (non-hydrogen) atoms. The predicted molar refractivity (Wildman–Crippen MR) is 78.0 cm³/mol. The first-order chi connectivity index (χ1) is 8.69. The molecule has 0 N–H and O–H groups in total. The average molecular weight is 253 g/mol. The maximum atomic E-state index is 2.66. The molecule has 0 aromatic heterocycles. The van der Waals surface area contributed by atoms with Crippen molar-refractivity contribution in [2.75, 3.05) is 53.4 Å². The van der Waals surface area contributed by atoms with E-state index >= 15 is 0 Å². The standard InChI is InChI=1S/C15H31N3/c1-4-18-11-7-15(8-12-18)17(3)13-14-5-9-16(2)10-6-14/h14-15H,4-13H2,1-3H3. The highest BCUT2D eigenvalue weighted by Crippen LogP contribution is 2.21. The molecule has 2 heterocycles. The Morgan fingerprint density at radius 2 is 1.61 bits per heavy atom. The van der Waals surface area contributed by atoms with Gasteiger partial charge >= 0.3 is 0 Å². The second kappa shape index (κ2) is 6.88. The van der Waals surface area contributed by atoms with E-state index in [0.717, 1.165) is 12.0 Å². The first-order valence-electron chi connectivity index (χ1n) is 7.80. The van der Waals surface area contributed by atoms with Crippen molar-refractivity contribution in [1.29, 1.82) is 0 Å². The smallest absolute Gasteiger partial charge is 0.0117 e. The number of likely N-dealkylation sites (tertiary alicyclic amines) is 2. The minimum absolute atomic E-state index is 0.840. The molecular formula is C15H31N3. The lowest BCUT2D eigenvalue weighted by Crippen LogP contribution is -2.45. The Kier molecular flexibility index (Phi) is 5.46. The van der Waals surface area contributed by atoms with E-state index in [0.29, 0.717) is 0 Å². The molecule has 106 valence electrons. The molecule has 2 fully saturated rings. The number of hydrogen-bond donors (Lipinski definition) is 0. The van der Waals surface area contributed by atoms with Crippen molar-refractivity contribution in [3.8, 4) is 0 Å². The van der Waals surface area contributed by atoms with Gasteiger partial charge in [0, 0.05) is 12.6 Å². The third kappa shape index (κ3) is 3.94. The van der Waals surface area contributed by atoms with Gasteiger partial charge in [0.2, 0.25) is 0 Å². The van der Waals surface area contributed by atoms with Crippen molar-refractivity contribution < 1.29 is 0 Å². The highest BCUT2D eigenvalue weighted by molar-refractivity contribution is 4.80. The normalized spacial score (nSPS) is 26.0. The zero-order valence-corrected chi connectivity index (χ0v) is 12.6. The first kappa shape index (κ1) is 14.3. The molecule has 0 unspecified atom stereocenters. The lowest BCUT2D eigenvalue weighted by molar-refractivity contribution is 0.102. The summed E-state index contributed by atoms with van der Waals surface area (Å²) in [6, 6.07) is 0.840. The van der Waals surface area contributed by atoms with E-state index in [1.165, 1.54) is 65.0 Å². The van der Waals surface area contributed by atoms with Gasteiger partial charge < -0.3 is 14.7 Å². The molecule has 2 rings (SSSR count). The van der Waals surface area contributed by atoms with Gasteiger partial charge in [0.1, 0.15) is 0 Å². The van der Waals surface area contributed by atoms with Crippen molar-refractivity contribution in [3.63, 3.8) is 0 Å². The van der Waals surface area contributed by atoms with Crippen LogP contribution in [0.1, 0.15) is 32.6 Å². The maximum Gasteiger partial charge on any atom is 0.0117 e. The fourth-order valence-electron chi connectivity index (χ4n) is 3.48. The SMILES string of the molecule is CCN1CCC(N(C)CC2CCN(C)CC2)CC1. The summed E-state index contributed by atoms with van der Waals surface area (Å²) in [5.41, 5.74) is 0. The van der Waals surface area contributed by atoms with Crippen molar-refractivity contribution in [3.05, 3.63) is 0 Å². The van der Waals surface area contributed by atoms with Crippen LogP contribution >= 0.6 is 0 Å². The van der Waals surface area contributed by atoms with E-state index in [4.69, 9.17) is 0 Å². The molecule has 0 amide bonds. The van der Waals surface area contributed by atoms with Crippen molar-refractivity contribution in [1.82, 2.24) is 14.7 Å². The molecule has 3 nitrogen and oxygen atoms in total. The number of piperidine rings is 2. The molecule has 2 saturated heterocycles. The molecule has 0 atom stereocenters. The van der Waals surface area contributed by atoms with E-state index in [1.807, 2.05) is 0 Å². The highest BCUT2D eigenvalue weighted by atomic mass is 15.2. The third-order valence-electron chi connectivity index (χ3n) is 5.01. The summed E-state index contributed by atoms with van der Waals surface area (Å²) in [5, 5.41) is 0. The molecule has 0 spiro atoms. The third-order valence-corrected chi connectivity index (χ3v) is 5.01. The van der Waals surface area contributed by atoms with Crippen LogP contribution in [0, 0.1) is 5.92 Å². The van der Waals surface area contributed by atoms with Crippen LogP contribution in [0.5, 0.6) is 0 Å². The number of rotatable bonds is 4. The van der Waals surface area contributed by atoms with Gasteiger partial charge in [-0.2, -0.15) is 0 Å². The Labute approximate surface area is 113 Å². The van der Waals surface area contributed by atoms with E-state index < -0.39 is 0 Å². The summed E-state index contributed by atoms with van der Waals surface area (Å²) in [6.07, 6.45) is 5.54. The molecule has 0 saturated carbocycles. The van der Waals surface area contributed by atoms with Crippen LogP contribution in [0.4, 0.5) is 0 Å². The molecule has 0 aliphatic carbocycles. The summed E-state index contributed by atoms with van der Waals surface area (Å²) in [5.74, 6) is 0.940. The zero-order valence-electron chi connectivity index (χ0n) is 12.6. The van der Waals surface area contributed by atoms with Crippen LogP contribution in [-0.4, -0.2) is 74.1 Å². The lowest BCUT2D eigenvalue weighted by atomic mass is 9.95. The summed E-state index contributed by atoms with van der Waals surface area (Å²) in [7, 11) is 4.60. The molecule has 2 aliphatic rings. The summed E-state index contributed by atoms with van der Waals surface area (Å²) in [4.78, 5) is 7.71. The van der Waals surface area contributed by atoms with Gasteiger partial charge in [0.15, 0.2) is 0 Å². The summed E-state index contributed by atoms with van der Waals surface area (Å²) < 4.78 is 0. The van der Waals surface area contributed by atoms with Gasteiger partial charge in [-0.25, -0.2) is 0 Å². The number of hydrogen-bond acceptors (Lipinski definition) is 3. The Morgan fingerprint density at radius 3 is 2.17 bits per heavy atom. The first-order valence-corrected chi connectivity index (χ1v) is 7.80. The molecule has 0 bridgehead atoms. The Bertz CT molecular complexity index is 228. The molecule has 0 aromatic carbocycles. The van der Waals surface area contributed by atoms with Gasteiger partial charge in [-0.1, -0.05) is 6.92 Å². The van der Waals surface area contributed by atoms with Crippen molar-refractivity contribution >= 4 is 0 Å². The van der Waals surface area contributed by atoms with Gasteiger partial charge in [-0.3, -0.25) is 0 Å². The fourth-order valence-corrected chi connectivity index (χ4v) is 3.48. The summed E-state index contributed by atoms with van der Waals surface area (Å²) in [6.45, 7) is 10.0. The van der Waals surface area contributed by atoms with Crippen LogP contribution in [0.2, 0.25) is 0 Å². The lowest BCUT2D eigenvalue weighted by Gasteiger charge is -2.39. The van der Waals surface area contributed by atoms with Crippen LogP contribution in [0.15, 0.2) is 0 Å². The van der Waals surface area contributed by atoms with E-state index in [-0.39, 0.29) is 0 Å². The second-order valence-corrected chi connectivity index (χ2v) is 6.35. The molecular weight excluding hydrogens is 222 g/mol. The largest absolute Gasteiger partial charge is 0.306 e. The van der Waals surface area contributed by atoms with Crippen LogP contribution < -0.4 is 0 Å². The monoisotopic (exact) mass is 253 g/mol. The van der Waals surface area contributed by atoms with Crippen molar-refractivity contribution in [2.24, 2.45) is 5.92 Å². The summed E-state index contributed by atoms with van der Waals surface area (Å²) >= 11 is 0. The topological polar surface area (TPSA) is 9.72 Å². The zero-order chi connectivity index (χ0) is 13.0. The predicted octanol–water partition coefficient (Wildman–Crippen LogP) is 1.74. The average Bonchev–Trinajstić information content (AvgIpc) is 2.41. The molecule has 0 radical (unpaired) electrons. The van der Waals surface area contributed by atoms with Crippen molar-refractivity contribution in [2.45, 2.75) is 38.6 Å². The Hall–Kier alpha value is -0.120. The Balaban J connectivity index is 1.70. The highest BCUT2D eigenvalue weighted by Gasteiger charge is 2.24. The Morgan fingerprint density at radius 1 is 1.00 bits per heavy atom. The number of nitrogens with zero attached hydrogens (tertiary/aromatic N) is 3. The van der Waals surface area contributed by atoms with Crippen LogP contribution in [-0.2, 0) is 0 Å². The fraction of sp³-hybridized carbons (Fsp3) is 1.00. The van der Waals surface area contributed by atoms with E-state index in [2.05, 4.69) is 35.7 Å². The van der Waals surface area contributed by atoms with Gasteiger partial charge in [-0.15, -0.1) is 0 Å². The minimum atomic E-state index is 0.840. The quantitative estimate of drug-likeness (QED) is 0.756. The van der Waals surface area contributed by atoms with Gasteiger partial charge in [0.25, 0.3) is 0 Å². The van der Waals surface area contributed by atoms with E-state index in [1.54, 1.807) is 0 Å². The van der Waals surface area contributed by atoms with Gasteiger partial charge in [-0.05, 0) is 78.4 Å². The maximum absolute atomic E-state index is 2.66. The van der Waals surface area contributed by atoms with Gasteiger partial charge in [0.05, 0.1) is 0 Å².